The number of H-pyrrole nitrogens is 2. The number of fused-ring (bicyclic) bond motifs is 2. The number of hydrogen-bond acceptors (Lipinski definition) is 7. The van der Waals surface area contributed by atoms with Crippen LogP contribution in [0, 0.1) is 0 Å². The van der Waals surface area contributed by atoms with Gasteiger partial charge < -0.3 is 20.2 Å². The first kappa shape index (κ1) is 23.5. The van der Waals surface area contributed by atoms with E-state index < -0.39 is 11.8 Å². The van der Waals surface area contributed by atoms with Gasteiger partial charge in [0.05, 0.1) is 22.2 Å². The summed E-state index contributed by atoms with van der Waals surface area (Å²) in [5.74, 6) is -2.04. The molecule has 3 heterocycles. The molecule has 2 amide bonds. The third-order valence-electron chi connectivity index (χ3n) is 5.14. The molecule has 36 heavy (non-hydrogen) atoms. The zero-order valence-corrected chi connectivity index (χ0v) is 21.1. The molecule has 4 N–H and O–H groups in total. The van der Waals surface area contributed by atoms with Gasteiger partial charge in [-0.15, -0.1) is 20.5 Å². The molecule has 5 aromatic rings. The summed E-state index contributed by atoms with van der Waals surface area (Å²) < 4.78 is 1.52. The van der Waals surface area contributed by atoms with Crippen LogP contribution < -0.4 is 0 Å². The molecule has 178 valence electrons. The van der Waals surface area contributed by atoms with Crippen LogP contribution in [0.5, 0.6) is 11.8 Å². The molecule has 5 rings (SSSR count). The Hall–Kier alpha value is -4.23. The molecule has 3 aromatic heterocycles. The van der Waals surface area contributed by atoms with E-state index in [0.29, 0.717) is 21.8 Å². The highest BCUT2D eigenvalue weighted by atomic mass is 79.9. The van der Waals surface area contributed by atoms with Gasteiger partial charge in [0.15, 0.2) is 11.4 Å². The average molecular weight is 611 g/mol. The monoisotopic (exact) mass is 609 g/mol. The van der Waals surface area contributed by atoms with Crippen molar-refractivity contribution in [2.45, 2.75) is 0 Å². The van der Waals surface area contributed by atoms with Crippen LogP contribution in [-0.2, 0) is 0 Å². The lowest BCUT2D eigenvalue weighted by Gasteiger charge is -1.98. The van der Waals surface area contributed by atoms with E-state index in [1.807, 2.05) is 0 Å². The number of hydrogen-bond donors (Lipinski definition) is 4. The largest absolute Gasteiger partial charge is 0.493 e. The molecule has 0 atom stereocenters. The molecule has 0 bridgehead atoms. The van der Waals surface area contributed by atoms with E-state index in [2.05, 4.69) is 67.3 Å². The Morgan fingerprint density at radius 3 is 1.61 bits per heavy atom. The van der Waals surface area contributed by atoms with E-state index in [4.69, 9.17) is 0 Å². The van der Waals surface area contributed by atoms with Crippen molar-refractivity contribution in [3.8, 4) is 11.8 Å². The van der Waals surface area contributed by atoms with Gasteiger partial charge >= 0.3 is 0 Å². The van der Waals surface area contributed by atoms with Crippen LogP contribution in [0.3, 0.4) is 0 Å². The summed E-state index contributed by atoms with van der Waals surface area (Å²) in [4.78, 5) is 34.6. The van der Waals surface area contributed by atoms with Gasteiger partial charge in [0, 0.05) is 32.1 Å². The molecular weight excluding hydrogens is 598 g/mol. The van der Waals surface area contributed by atoms with E-state index in [9.17, 15) is 19.8 Å². The summed E-state index contributed by atoms with van der Waals surface area (Å²) in [6.07, 6.45) is 2.45. The number of nitrogens with zero attached hydrogens (tertiary/aromatic N) is 5. The van der Waals surface area contributed by atoms with Gasteiger partial charge in [0.2, 0.25) is 11.8 Å². The number of carbonyl (C=O) groups excluding carboxylic acids is 2. The second kappa shape index (κ2) is 9.43. The summed E-state index contributed by atoms with van der Waals surface area (Å²) in [5.41, 5.74) is 1.40. The maximum absolute atomic E-state index is 12.6. The van der Waals surface area contributed by atoms with Crippen molar-refractivity contribution in [1.29, 1.82) is 0 Å². The molecule has 0 aliphatic rings. The standard InChI is InChI=1S/C23H13Br2N7O4/c24-12-1-3-16-14(6-12)18(22(35)27-16)29-31-20(33)10-5-11(9-26-8-10)21(34)32-30-19-15-7-13(25)2-4-17(15)28-23(19)36/h1-9,27-28,35-36H. The Balaban J connectivity index is 1.38. The lowest BCUT2D eigenvalue weighted by Crippen LogP contribution is -2.01. The molecule has 0 saturated heterocycles. The Kier molecular flexibility index (Phi) is 6.16. The zero-order chi connectivity index (χ0) is 25.4. The van der Waals surface area contributed by atoms with Gasteiger partial charge in [-0.25, -0.2) is 0 Å². The van der Waals surface area contributed by atoms with E-state index in [1.54, 1.807) is 36.4 Å². The lowest BCUT2D eigenvalue weighted by atomic mass is 10.2. The first-order chi connectivity index (χ1) is 17.3. The number of carbonyl (C=O) groups is 2. The quantitative estimate of drug-likeness (QED) is 0.163. The second-order valence-electron chi connectivity index (χ2n) is 7.50. The summed E-state index contributed by atoms with van der Waals surface area (Å²) in [6.45, 7) is 0. The molecule has 0 fully saturated rings. The highest BCUT2D eigenvalue weighted by molar-refractivity contribution is 9.10. The van der Waals surface area contributed by atoms with Crippen molar-refractivity contribution in [2.24, 2.45) is 20.5 Å². The van der Waals surface area contributed by atoms with Gasteiger partial charge in [0.1, 0.15) is 0 Å². The van der Waals surface area contributed by atoms with Crippen LogP contribution in [0.15, 0.2) is 84.3 Å². The highest BCUT2D eigenvalue weighted by Crippen LogP contribution is 2.38. The number of halogens is 2. The molecule has 0 radical (unpaired) electrons. The fourth-order valence-corrected chi connectivity index (χ4v) is 4.18. The van der Waals surface area contributed by atoms with Gasteiger partial charge in [-0.2, -0.15) is 0 Å². The van der Waals surface area contributed by atoms with E-state index in [0.717, 1.165) is 8.95 Å². The van der Waals surface area contributed by atoms with E-state index >= 15 is 0 Å². The predicted octanol–water partition coefficient (Wildman–Crippen LogP) is 6.83. The number of aromatic hydroxyl groups is 2. The fourth-order valence-electron chi connectivity index (χ4n) is 3.45. The minimum Gasteiger partial charge on any atom is -0.493 e. The smallest absolute Gasteiger partial charge is 0.296 e. The molecular formula is C23H13Br2N7O4. The lowest BCUT2D eigenvalue weighted by molar-refractivity contribution is 0.0994. The Bertz CT molecular complexity index is 1620. The maximum atomic E-state index is 12.6. The predicted molar refractivity (Wildman–Crippen MR) is 137 cm³/mol. The molecule has 13 heteroatoms. The third kappa shape index (κ3) is 4.53. The van der Waals surface area contributed by atoms with Crippen LogP contribution >= 0.6 is 31.9 Å². The van der Waals surface area contributed by atoms with Crippen molar-refractivity contribution in [1.82, 2.24) is 15.0 Å². The topological polar surface area (TPSA) is 169 Å². The number of benzene rings is 2. The van der Waals surface area contributed by atoms with Gasteiger partial charge in [-0.3, -0.25) is 14.6 Å². The summed E-state index contributed by atoms with van der Waals surface area (Å²) in [7, 11) is 0. The second-order valence-corrected chi connectivity index (χ2v) is 9.33. The number of aromatic amines is 2. The van der Waals surface area contributed by atoms with Crippen molar-refractivity contribution in [3.05, 3.63) is 74.9 Å². The molecule has 11 nitrogen and oxygen atoms in total. The Morgan fingerprint density at radius 1 is 0.722 bits per heavy atom. The number of aromatic nitrogens is 3. The number of pyridine rings is 1. The van der Waals surface area contributed by atoms with Gasteiger partial charge in [0.25, 0.3) is 11.8 Å². The van der Waals surface area contributed by atoms with Gasteiger partial charge in [-0.05, 0) is 42.5 Å². The minimum atomic E-state index is -0.781. The first-order valence-corrected chi connectivity index (χ1v) is 11.8. The van der Waals surface area contributed by atoms with Crippen LogP contribution in [0.4, 0.5) is 11.4 Å². The Labute approximate surface area is 218 Å². The van der Waals surface area contributed by atoms with Crippen LogP contribution in [-0.4, -0.2) is 37.0 Å². The normalized spacial score (nSPS) is 11.8. The van der Waals surface area contributed by atoms with Gasteiger partial charge in [-0.1, -0.05) is 31.9 Å². The SMILES string of the molecule is O=C(N=Nc1c(O)[nH]c2ccc(Br)cc12)c1cncc(C(=O)N=Nc2c(O)[nH]c3ccc(Br)cc23)c1. The Morgan fingerprint density at radius 2 is 1.17 bits per heavy atom. The maximum Gasteiger partial charge on any atom is 0.296 e. The molecule has 0 saturated carbocycles. The number of rotatable bonds is 4. The van der Waals surface area contributed by atoms with Crippen molar-refractivity contribution in [2.75, 3.05) is 0 Å². The van der Waals surface area contributed by atoms with Crippen molar-refractivity contribution in [3.63, 3.8) is 0 Å². The van der Waals surface area contributed by atoms with E-state index in [-0.39, 0.29) is 34.3 Å². The first-order valence-electron chi connectivity index (χ1n) is 10.2. The molecule has 0 aliphatic heterocycles. The summed E-state index contributed by atoms with van der Waals surface area (Å²) in [5, 5.41) is 36.5. The minimum absolute atomic E-state index is 0.0146. The zero-order valence-electron chi connectivity index (χ0n) is 17.9. The summed E-state index contributed by atoms with van der Waals surface area (Å²) in [6, 6.07) is 11.8. The number of azo groups is 2. The number of nitrogens with one attached hydrogen (secondary N) is 2. The average Bonchev–Trinajstić information content (AvgIpc) is 3.35. The van der Waals surface area contributed by atoms with Crippen LogP contribution in [0.2, 0.25) is 0 Å². The van der Waals surface area contributed by atoms with E-state index in [1.165, 1.54) is 18.5 Å². The molecule has 2 aromatic carbocycles. The fraction of sp³-hybridized carbons (Fsp3) is 0. The van der Waals surface area contributed by atoms with Crippen molar-refractivity contribution < 1.29 is 19.8 Å². The highest BCUT2D eigenvalue weighted by Gasteiger charge is 2.15. The molecule has 0 aliphatic carbocycles. The molecule has 0 unspecified atom stereocenters. The third-order valence-corrected chi connectivity index (χ3v) is 6.13. The van der Waals surface area contributed by atoms with Crippen LogP contribution in [0.1, 0.15) is 20.7 Å². The summed E-state index contributed by atoms with van der Waals surface area (Å²) >= 11 is 6.70. The van der Waals surface area contributed by atoms with Crippen LogP contribution in [0.25, 0.3) is 21.8 Å². The van der Waals surface area contributed by atoms with Crippen molar-refractivity contribution >= 4 is 76.9 Å². The number of amides is 2. The molecule has 0 spiro atoms.